The molecule has 0 aliphatic rings. The summed E-state index contributed by atoms with van der Waals surface area (Å²) >= 11 is 5.29. The van der Waals surface area contributed by atoms with Gasteiger partial charge < -0.3 is 31.7 Å². The van der Waals surface area contributed by atoms with Crippen molar-refractivity contribution < 1.29 is 19.1 Å². The number of hydrogen-bond acceptors (Lipinski definition) is 5. The van der Waals surface area contributed by atoms with Gasteiger partial charge in [0.2, 0.25) is 11.8 Å². The molecular weight excluding hydrogens is 406 g/mol. The lowest BCUT2D eigenvalue weighted by molar-refractivity contribution is -0.128. The predicted molar refractivity (Wildman–Crippen MR) is 120 cm³/mol. The normalized spacial score (nSPS) is 12.8. The summed E-state index contributed by atoms with van der Waals surface area (Å²) < 4.78 is 5.18. The first-order chi connectivity index (χ1) is 14.0. The average Bonchev–Trinajstić information content (AvgIpc) is 2.63. The molecule has 2 atom stereocenters. The van der Waals surface area contributed by atoms with Gasteiger partial charge in [0, 0.05) is 12.2 Å². The maximum atomic E-state index is 12.6. The zero-order chi connectivity index (χ0) is 22.7. The van der Waals surface area contributed by atoms with Crippen LogP contribution in [0.15, 0.2) is 30.3 Å². The highest BCUT2D eigenvalue weighted by Crippen LogP contribution is 2.07. The molecule has 0 saturated heterocycles. The Morgan fingerprint density at radius 1 is 1.13 bits per heavy atom. The van der Waals surface area contributed by atoms with Crippen molar-refractivity contribution in [2.45, 2.75) is 58.2 Å². The predicted octanol–water partition coefficient (Wildman–Crippen LogP) is 1.64. The van der Waals surface area contributed by atoms with Gasteiger partial charge in [0.1, 0.15) is 17.7 Å². The molecule has 3 amide bonds. The number of nitrogens with two attached hydrogens (primary N) is 1. The van der Waals surface area contributed by atoms with E-state index in [-0.39, 0.29) is 5.11 Å². The second kappa shape index (κ2) is 12.0. The van der Waals surface area contributed by atoms with Gasteiger partial charge in [-0.05, 0) is 64.9 Å². The molecule has 0 spiro atoms. The highest BCUT2D eigenvalue weighted by atomic mass is 32.1. The fourth-order valence-electron chi connectivity index (χ4n) is 2.31. The number of benzene rings is 1. The number of alkyl carbamates (subject to hydrolysis) is 1. The molecule has 1 rings (SSSR count). The third-order valence-corrected chi connectivity index (χ3v) is 4.00. The summed E-state index contributed by atoms with van der Waals surface area (Å²) in [5, 5.41) is 11.4. The quantitative estimate of drug-likeness (QED) is 0.293. The topological polar surface area (TPSA) is 135 Å². The van der Waals surface area contributed by atoms with Gasteiger partial charge in [-0.3, -0.25) is 9.59 Å². The molecule has 1 aromatic rings. The minimum absolute atomic E-state index is 0.258. The van der Waals surface area contributed by atoms with E-state index < -0.39 is 35.6 Å². The smallest absolute Gasteiger partial charge is 0.407 e. The number of carbonyl (C=O) groups is 3. The molecule has 0 unspecified atom stereocenters. The average molecular weight is 438 g/mol. The van der Waals surface area contributed by atoms with Gasteiger partial charge in [-0.1, -0.05) is 18.2 Å². The number of amides is 3. The highest BCUT2D eigenvalue weighted by Gasteiger charge is 2.23. The summed E-state index contributed by atoms with van der Waals surface area (Å²) in [4.78, 5) is 35.6. The Balaban J connectivity index is 2.63. The van der Waals surface area contributed by atoms with Crippen LogP contribution in [0.25, 0.3) is 0 Å². The van der Waals surface area contributed by atoms with Gasteiger partial charge in [-0.2, -0.15) is 0 Å². The molecule has 0 saturated carbocycles. The van der Waals surface area contributed by atoms with Gasteiger partial charge in [0.05, 0.1) is 0 Å². The minimum Gasteiger partial charge on any atom is -0.444 e. The van der Waals surface area contributed by atoms with Crippen LogP contribution in [0.3, 0.4) is 0 Å². The van der Waals surface area contributed by atoms with Crippen molar-refractivity contribution >= 4 is 40.9 Å². The molecule has 9 nitrogen and oxygen atoms in total. The van der Waals surface area contributed by atoms with Gasteiger partial charge in [0.15, 0.2) is 5.11 Å². The van der Waals surface area contributed by atoms with E-state index >= 15 is 0 Å². The third-order valence-electron chi connectivity index (χ3n) is 3.78. The fourth-order valence-corrected chi connectivity index (χ4v) is 2.57. The van der Waals surface area contributed by atoms with Crippen molar-refractivity contribution in [2.75, 3.05) is 11.9 Å². The second-order valence-electron chi connectivity index (χ2n) is 7.72. The van der Waals surface area contributed by atoms with Gasteiger partial charge >= 0.3 is 6.09 Å². The maximum Gasteiger partial charge on any atom is 0.407 e. The number of anilines is 1. The van der Waals surface area contributed by atoms with Crippen LogP contribution in [0.5, 0.6) is 0 Å². The third kappa shape index (κ3) is 10.6. The van der Waals surface area contributed by atoms with Crippen LogP contribution in [0.4, 0.5) is 10.5 Å². The van der Waals surface area contributed by atoms with E-state index in [2.05, 4.69) is 21.3 Å². The summed E-state index contributed by atoms with van der Waals surface area (Å²) in [6.07, 6.45) is 0.299. The Kier molecular flexibility index (Phi) is 10.0. The number of nitrogens with one attached hydrogen (secondary N) is 4. The number of primary amides is 1. The molecule has 30 heavy (non-hydrogen) atoms. The molecule has 0 fully saturated rings. The number of hydrogen-bond donors (Lipinski definition) is 5. The summed E-state index contributed by atoms with van der Waals surface area (Å²) in [5.41, 5.74) is 5.40. The van der Waals surface area contributed by atoms with E-state index in [4.69, 9.17) is 22.7 Å². The number of para-hydroxylation sites is 1. The van der Waals surface area contributed by atoms with Crippen molar-refractivity contribution in [3.05, 3.63) is 30.3 Å². The Morgan fingerprint density at radius 2 is 1.77 bits per heavy atom. The van der Waals surface area contributed by atoms with Crippen LogP contribution < -0.4 is 27.0 Å². The van der Waals surface area contributed by atoms with Crippen molar-refractivity contribution in [3.8, 4) is 0 Å². The summed E-state index contributed by atoms with van der Waals surface area (Å²) in [6.45, 7) is 7.14. The zero-order valence-electron chi connectivity index (χ0n) is 17.8. The maximum absolute atomic E-state index is 12.6. The molecule has 166 valence electrons. The van der Waals surface area contributed by atoms with E-state index in [0.717, 1.165) is 5.69 Å². The Hall–Kier alpha value is -2.88. The first kappa shape index (κ1) is 25.2. The van der Waals surface area contributed by atoms with E-state index in [1.807, 2.05) is 30.3 Å². The van der Waals surface area contributed by atoms with Crippen LogP contribution in [0.2, 0.25) is 0 Å². The lowest BCUT2D eigenvalue weighted by Gasteiger charge is -2.22. The Labute approximate surface area is 182 Å². The van der Waals surface area contributed by atoms with Crippen LogP contribution in [-0.4, -0.2) is 47.2 Å². The minimum atomic E-state index is -0.822. The van der Waals surface area contributed by atoms with E-state index in [1.165, 1.54) is 6.92 Å². The van der Waals surface area contributed by atoms with E-state index in [1.54, 1.807) is 20.8 Å². The van der Waals surface area contributed by atoms with Crippen LogP contribution in [0, 0.1) is 0 Å². The largest absolute Gasteiger partial charge is 0.444 e. The lowest BCUT2D eigenvalue weighted by atomic mass is 10.1. The van der Waals surface area contributed by atoms with Crippen molar-refractivity contribution in [3.63, 3.8) is 0 Å². The summed E-state index contributed by atoms with van der Waals surface area (Å²) in [6, 6.07) is 7.71. The van der Waals surface area contributed by atoms with Gasteiger partial charge in [-0.15, -0.1) is 0 Å². The highest BCUT2D eigenvalue weighted by molar-refractivity contribution is 7.80. The van der Waals surface area contributed by atoms with Gasteiger partial charge in [0.25, 0.3) is 0 Å². The molecule has 0 aliphatic heterocycles. The molecule has 1 aromatic carbocycles. The standard InChI is InChI=1S/C20H31N5O4S/c1-13(16(21)26)23-17(27)15(11-8-12-22-19(28)29-20(2,3)4)25-18(30)24-14-9-6-5-7-10-14/h5-7,9-10,13,15H,8,11-12H2,1-4H3,(H2,21,26)(H,22,28)(H,23,27)(H2,24,25,30)/t13-,15-/m0/s1. The molecule has 0 radical (unpaired) electrons. The number of ether oxygens (including phenoxy) is 1. The Bertz CT molecular complexity index is 736. The Morgan fingerprint density at radius 3 is 2.33 bits per heavy atom. The monoisotopic (exact) mass is 437 g/mol. The van der Waals surface area contributed by atoms with Crippen molar-refractivity contribution in [1.82, 2.24) is 16.0 Å². The SMILES string of the molecule is C[C@H](NC(=O)[C@H](CCCNC(=O)OC(C)(C)C)NC(=S)Nc1ccccc1)C(N)=O. The number of carbonyl (C=O) groups excluding carboxylic acids is 3. The zero-order valence-corrected chi connectivity index (χ0v) is 18.6. The summed E-state index contributed by atoms with van der Waals surface area (Å²) in [7, 11) is 0. The first-order valence-electron chi connectivity index (χ1n) is 9.67. The van der Waals surface area contributed by atoms with Crippen LogP contribution in [0.1, 0.15) is 40.5 Å². The lowest BCUT2D eigenvalue weighted by Crippen LogP contribution is -2.52. The molecule has 0 aromatic heterocycles. The molecule has 0 bridgehead atoms. The number of thiocarbonyl (C=S) groups is 1. The summed E-state index contributed by atoms with van der Waals surface area (Å²) in [5.74, 6) is -1.06. The van der Waals surface area contributed by atoms with Crippen molar-refractivity contribution in [2.24, 2.45) is 5.73 Å². The van der Waals surface area contributed by atoms with Crippen molar-refractivity contribution in [1.29, 1.82) is 0 Å². The molecule has 6 N–H and O–H groups in total. The second-order valence-corrected chi connectivity index (χ2v) is 8.13. The molecular formula is C20H31N5O4S. The molecule has 0 aliphatic carbocycles. The molecule has 0 heterocycles. The fraction of sp³-hybridized carbons (Fsp3) is 0.500. The van der Waals surface area contributed by atoms with Crippen LogP contribution >= 0.6 is 12.2 Å². The van der Waals surface area contributed by atoms with E-state index in [9.17, 15) is 14.4 Å². The van der Waals surface area contributed by atoms with Gasteiger partial charge in [-0.25, -0.2) is 4.79 Å². The van der Waals surface area contributed by atoms with Crippen LogP contribution in [-0.2, 0) is 14.3 Å². The molecule has 10 heteroatoms. The first-order valence-corrected chi connectivity index (χ1v) is 10.1. The number of rotatable bonds is 9. The van der Waals surface area contributed by atoms with E-state index in [0.29, 0.717) is 19.4 Å².